The second-order valence-electron chi connectivity index (χ2n) is 4.61. The highest BCUT2D eigenvalue weighted by Gasteiger charge is 2.37. The Morgan fingerprint density at radius 3 is 2.78 bits per heavy atom. The maximum absolute atomic E-state index is 12.1. The summed E-state index contributed by atoms with van der Waals surface area (Å²) in [6, 6.07) is 3.51. The van der Waals surface area contributed by atoms with Crippen molar-refractivity contribution in [3.05, 3.63) is 24.0 Å². The number of pyridine rings is 1. The average molecular weight is 248 g/mol. The molecule has 0 bridgehead atoms. The highest BCUT2D eigenvalue weighted by Crippen LogP contribution is 2.33. The molecular formula is C13H16N2O3. The maximum atomic E-state index is 12.1. The van der Waals surface area contributed by atoms with Gasteiger partial charge >= 0.3 is 5.97 Å². The molecule has 0 unspecified atom stereocenters. The van der Waals surface area contributed by atoms with E-state index < -0.39 is 17.8 Å². The van der Waals surface area contributed by atoms with E-state index in [2.05, 4.69) is 10.3 Å². The monoisotopic (exact) mass is 248 g/mol. The predicted molar refractivity (Wildman–Crippen MR) is 66.1 cm³/mol. The first-order valence-corrected chi connectivity index (χ1v) is 6.05. The van der Waals surface area contributed by atoms with Crippen LogP contribution < -0.4 is 5.32 Å². The largest absolute Gasteiger partial charge is 0.481 e. The number of carbonyl (C=O) groups excluding carboxylic acids is 1. The van der Waals surface area contributed by atoms with Gasteiger partial charge in [-0.15, -0.1) is 0 Å². The third-order valence-corrected chi connectivity index (χ3v) is 3.43. The van der Waals surface area contributed by atoms with Gasteiger partial charge in [-0.3, -0.25) is 14.6 Å². The fourth-order valence-electron chi connectivity index (χ4n) is 2.41. The Bertz CT molecular complexity index is 473. The maximum Gasteiger partial charge on any atom is 0.307 e. The lowest BCUT2D eigenvalue weighted by Gasteiger charge is -2.16. The zero-order valence-electron chi connectivity index (χ0n) is 10.2. The Balaban J connectivity index is 2.08. The molecule has 0 aliphatic heterocycles. The normalized spacial score (nSPS) is 22.7. The Labute approximate surface area is 105 Å². The molecule has 0 radical (unpaired) electrons. The molecule has 5 heteroatoms. The number of hydrogen-bond donors (Lipinski definition) is 2. The van der Waals surface area contributed by atoms with Gasteiger partial charge in [0.15, 0.2) is 0 Å². The summed E-state index contributed by atoms with van der Waals surface area (Å²) in [6.45, 7) is 1.80. The molecule has 1 saturated carbocycles. The minimum Gasteiger partial charge on any atom is -0.481 e. The highest BCUT2D eigenvalue weighted by atomic mass is 16.4. The van der Waals surface area contributed by atoms with Crippen LogP contribution in [0.25, 0.3) is 0 Å². The summed E-state index contributed by atoms with van der Waals surface area (Å²) in [7, 11) is 0. The van der Waals surface area contributed by atoms with Crippen molar-refractivity contribution in [1.29, 1.82) is 0 Å². The summed E-state index contributed by atoms with van der Waals surface area (Å²) in [5, 5.41) is 11.8. The molecule has 18 heavy (non-hydrogen) atoms. The van der Waals surface area contributed by atoms with Crippen molar-refractivity contribution in [3.63, 3.8) is 0 Å². The summed E-state index contributed by atoms with van der Waals surface area (Å²) in [4.78, 5) is 27.2. The number of nitrogens with one attached hydrogen (secondary N) is 1. The van der Waals surface area contributed by atoms with Crippen LogP contribution in [0.2, 0.25) is 0 Å². The van der Waals surface area contributed by atoms with E-state index in [1.807, 2.05) is 0 Å². The third-order valence-electron chi connectivity index (χ3n) is 3.43. The van der Waals surface area contributed by atoms with Crippen molar-refractivity contribution in [2.45, 2.75) is 26.2 Å². The highest BCUT2D eigenvalue weighted by molar-refractivity contribution is 5.95. The van der Waals surface area contributed by atoms with Crippen LogP contribution >= 0.6 is 0 Å². The zero-order valence-corrected chi connectivity index (χ0v) is 10.2. The van der Waals surface area contributed by atoms with Crippen LogP contribution in [0.5, 0.6) is 0 Å². The number of aromatic nitrogens is 1. The van der Waals surface area contributed by atoms with Crippen LogP contribution in [0.3, 0.4) is 0 Å². The summed E-state index contributed by atoms with van der Waals surface area (Å²) in [6.07, 6.45) is 3.67. The van der Waals surface area contributed by atoms with Crippen LogP contribution in [0.1, 0.15) is 25.0 Å². The fraction of sp³-hybridized carbons (Fsp3) is 0.462. The molecule has 0 spiro atoms. The number of aliphatic carboxylic acids is 1. The number of carbonyl (C=O) groups is 2. The fourth-order valence-corrected chi connectivity index (χ4v) is 2.41. The predicted octanol–water partition coefficient (Wildman–Crippen LogP) is 1.83. The molecule has 0 aromatic carbocycles. The van der Waals surface area contributed by atoms with Gasteiger partial charge in [0.2, 0.25) is 5.91 Å². The molecule has 1 aromatic heterocycles. The van der Waals surface area contributed by atoms with E-state index >= 15 is 0 Å². The van der Waals surface area contributed by atoms with E-state index in [-0.39, 0.29) is 5.91 Å². The molecular weight excluding hydrogens is 232 g/mol. The van der Waals surface area contributed by atoms with E-state index in [4.69, 9.17) is 5.11 Å². The van der Waals surface area contributed by atoms with Gasteiger partial charge < -0.3 is 10.4 Å². The smallest absolute Gasteiger partial charge is 0.307 e. The molecule has 0 saturated heterocycles. The first-order chi connectivity index (χ1) is 8.59. The average Bonchev–Trinajstić information content (AvgIpc) is 2.81. The molecule has 2 N–H and O–H groups in total. The van der Waals surface area contributed by atoms with Gasteiger partial charge in [-0.25, -0.2) is 0 Å². The topological polar surface area (TPSA) is 79.3 Å². The van der Waals surface area contributed by atoms with Crippen LogP contribution in [-0.2, 0) is 9.59 Å². The van der Waals surface area contributed by atoms with E-state index in [1.54, 1.807) is 25.3 Å². The van der Waals surface area contributed by atoms with E-state index in [0.29, 0.717) is 18.5 Å². The molecule has 1 heterocycles. The van der Waals surface area contributed by atoms with Crippen LogP contribution in [0, 0.1) is 18.8 Å². The van der Waals surface area contributed by atoms with Gasteiger partial charge in [0.05, 0.1) is 23.2 Å². The second kappa shape index (κ2) is 5.16. The number of carboxylic acid groups (broad SMARTS) is 1. The number of amides is 1. The van der Waals surface area contributed by atoms with Gasteiger partial charge in [-0.1, -0.05) is 6.42 Å². The lowest BCUT2D eigenvalue weighted by molar-refractivity contribution is -0.145. The van der Waals surface area contributed by atoms with Crippen molar-refractivity contribution in [2.75, 3.05) is 5.32 Å². The van der Waals surface area contributed by atoms with Crippen molar-refractivity contribution in [3.8, 4) is 0 Å². The summed E-state index contributed by atoms with van der Waals surface area (Å²) in [5.74, 6) is -2.07. The first-order valence-electron chi connectivity index (χ1n) is 6.05. The number of rotatable bonds is 3. The Hall–Kier alpha value is -1.91. The molecule has 1 amide bonds. The first kappa shape index (κ1) is 12.5. The van der Waals surface area contributed by atoms with Gasteiger partial charge in [-0.2, -0.15) is 0 Å². The van der Waals surface area contributed by atoms with Crippen molar-refractivity contribution < 1.29 is 14.7 Å². The van der Waals surface area contributed by atoms with Gasteiger partial charge in [0, 0.05) is 6.20 Å². The zero-order chi connectivity index (χ0) is 13.1. The number of carboxylic acids is 1. The Morgan fingerprint density at radius 2 is 2.11 bits per heavy atom. The molecule has 96 valence electrons. The van der Waals surface area contributed by atoms with Crippen LogP contribution in [-0.4, -0.2) is 22.0 Å². The van der Waals surface area contributed by atoms with Crippen LogP contribution in [0.4, 0.5) is 5.69 Å². The minimum atomic E-state index is -0.879. The molecule has 1 fully saturated rings. The minimum absolute atomic E-state index is 0.212. The van der Waals surface area contributed by atoms with Crippen molar-refractivity contribution in [2.24, 2.45) is 11.8 Å². The van der Waals surface area contributed by atoms with Crippen molar-refractivity contribution in [1.82, 2.24) is 4.98 Å². The quantitative estimate of drug-likeness (QED) is 0.855. The summed E-state index contributed by atoms with van der Waals surface area (Å²) in [5.41, 5.74) is 1.38. The number of nitrogens with zero attached hydrogens (tertiary/aromatic N) is 1. The van der Waals surface area contributed by atoms with Gasteiger partial charge in [-0.05, 0) is 31.9 Å². The van der Waals surface area contributed by atoms with E-state index in [0.717, 1.165) is 12.1 Å². The van der Waals surface area contributed by atoms with Gasteiger partial charge in [0.25, 0.3) is 0 Å². The van der Waals surface area contributed by atoms with Crippen molar-refractivity contribution >= 4 is 17.6 Å². The summed E-state index contributed by atoms with van der Waals surface area (Å²) >= 11 is 0. The molecule has 1 aliphatic carbocycles. The molecule has 1 aromatic rings. The summed E-state index contributed by atoms with van der Waals surface area (Å²) < 4.78 is 0. The second-order valence-corrected chi connectivity index (χ2v) is 4.61. The Kier molecular flexibility index (Phi) is 3.60. The molecule has 2 rings (SSSR count). The molecule has 5 nitrogen and oxygen atoms in total. The number of aryl methyl sites for hydroxylation is 1. The lowest BCUT2D eigenvalue weighted by atomic mass is 9.95. The Morgan fingerprint density at radius 1 is 1.39 bits per heavy atom. The van der Waals surface area contributed by atoms with Gasteiger partial charge in [0.1, 0.15) is 0 Å². The number of anilines is 1. The standard InChI is InChI=1S/C13H16N2O3/c1-8-11(6-3-7-14-8)15-12(16)9-4-2-5-10(9)13(17)18/h3,6-7,9-10H,2,4-5H2,1H3,(H,15,16)(H,17,18)/t9-,10+/m1/s1. The number of hydrogen-bond acceptors (Lipinski definition) is 3. The molecule has 1 aliphatic rings. The molecule has 2 atom stereocenters. The van der Waals surface area contributed by atoms with Crippen LogP contribution in [0.15, 0.2) is 18.3 Å². The van der Waals surface area contributed by atoms with E-state index in [9.17, 15) is 9.59 Å². The third kappa shape index (κ3) is 2.50. The lowest BCUT2D eigenvalue weighted by Crippen LogP contribution is -2.30. The SMILES string of the molecule is Cc1ncccc1NC(=O)[C@@H]1CCC[C@@H]1C(=O)O. The van der Waals surface area contributed by atoms with E-state index in [1.165, 1.54) is 0 Å².